The number of nitriles is 1. The summed E-state index contributed by atoms with van der Waals surface area (Å²) in [5.41, 5.74) is -3.54. The van der Waals surface area contributed by atoms with Gasteiger partial charge in [-0.1, -0.05) is 18.2 Å². The van der Waals surface area contributed by atoms with Gasteiger partial charge in [-0.05, 0) is 36.2 Å². The predicted octanol–water partition coefficient (Wildman–Crippen LogP) is 5.80. The minimum atomic E-state index is -4.97. The highest BCUT2D eigenvalue weighted by Crippen LogP contribution is 2.36. The zero-order chi connectivity index (χ0) is 24.6. The molecule has 0 amide bonds. The van der Waals surface area contributed by atoms with E-state index in [1.165, 1.54) is 22.9 Å². The van der Waals surface area contributed by atoms with Crippen molar-refractivity contribution in [1.82, 2.24) is 4.57 Å². The van der Waals surface area contributed by atoms with Gasteiger partial charge in [0.1, 0.15) is 11.8 Å². The number of carboxylic acid groups (broad SMARTS) is 1. The number of alkyl halides is 6. The second kappa shape index (κ2) is 8.54. The largest absolute Gasteiger partial charge is 0.506 e. The highest BCUT2D eigenvalue weighted by Gasteiger charge is 2.36. The highest BCUT2D eigenvalue weighted by molar-refractivity contribution is 6.02. The van der Waals surface area contributed by atoms with Crippen LogP contribution in [0.25, 0.3) is 16.7 Å². The minimum Gasteiger partial charge on any atom is -0.506 e. The molecule has 0 spiro atoms. The van der Waals surface area contributed by atoms with E-state index < -0.39 is 40.8 Å². The van der Waals surface area contributed by atoms with Crippen LogP contribution in [-0.4, -0.2) is 20.7 Å². The molecule has 0 unspecified atom stereocenters. The first kappa shape index (κ1) is 23.7. The van der Waals surface area contributed by atoms with E-state index in [2.05, 4.69) is 0 Å². The summed E-state index contributed by atoms with van der Waals surface area (Å²) in [5, 5.41) is 28.8. The molecule has 33 heavy (non-hydrogen) atoms. The van der Waals surface area contributed by atoms with Gasteiger partial charge >= 0.3 is 18.3 Å². The van der Waals surface area contributed by atoms with Crippen molar-refractivity contribution in [3.05, 3.63) is 76.5 Å². The van der Waals surface area contributed by atoms with Crippen LogP contribution < -0.4 is 0 Å². The molecule has 0 aliphatic carbocycles. The Labute approximate surface area is 182 Å². The number of aliphatic hydroxyl groups is 1. The topological polar surface area (TPSA) is 86.2 Å². The summed E-state index contributed by atoms with van der Waals surface area (Å²) in [5.74, 6) is -2.46. The van der Waals surface area contributed by atoms with E-state index in [-0.39, 0.29) is 30.2 Å². The lowest BCUT2D eigenvalue weighted by Gasteiger charge is -2.14. The number of rotatable bonds is 5. The fourth-order valence-corrected chi connectivity index (χ4v) is 3.37. The number of aliphatic hydroxyl groups excluding tert-OH is 1. The van der Waals surface area contributed by atoms with Gasteiger partial charge in [0.2, 0.25) is 0 Å². The molecule has 0 fully saturated rings. The molecule has 2 N–H and O–H groups in total. The summed E-state index contributed by atoms with van der Waals surface area (Å²) < 4.78 is 80.0. The number of fused-ring (bicyclic) bond motifs is 1. The molecule has 3 rings (SSSR count). The number of aromatic nitrogens is 1. The number of carbonyl (C=O) groups is 1. The number of benzene rings is 2. The molecule has 0 saturated heterocycles. The number of nitrogens with zero attached hydrogens (tertiary/aromatic N) is 2. The van der Waals surface area contributed by atoms with E-state index in [0.29, 0.717) is 23.0 Å². The second-order valence-electron chi connectivity index (χ2n) is 7.06. The summed E-state index contributed by atoms with van der Waals surface area (Å²) in [7, 11) is 0. The molecule has 11 heteroatoms. The maximum Gasteiger partial charge on any atom is 0.416 e. The number of hydrogen-bond donors (Lipinski definition) is 2. The smallest absolute Gasteiger partial charge is 0.416 e. The van der Waals surface area contributed by atoms with Crippen LogP contribution in [0.4, 0.5) is 26.3 Å². The SMILES string of the molecule is N#CC(C(=O)O)=C(O)c1cn(CCc2cc(C(F)(F)F)cc(C(F)(F)F)c2)c2ccccc12. The standard InChI is InChI=1S/C22H14F6N2O3/c23-21(24,25)13-7-12(8-14(9-13)22(26,27)28)5-6-30-11-17(15-3-1-2-4-18(15)30)19(31)16(10-29)20(32)33/h1-4,7-9,11,31H,5-6H2,(H,32,33). The van der Waals surface area contributed by atoms with Crippen LogP contribution in [0.1, 0.15) is 22.3 Å². The van der Waals surface area contributed by atoms with Crippen LogP contribution in [0, 0.1) is 11.3 Å². The number of aliphatic carboxylic acids is 1. The third kappa shape index (κ3) is 4.95. The lowest BCUT2D eigenvalue weighted by atomic mass is 10.0. The van der Waals surface area contributed by atoms with Crippen LogP contribution in [0.5, 0.6) is 0 Å². The molecular formula is C22H14F6N2O3. The molecule has 3 aromatic rings. The quantitative estimate of drug-likeness (QED) is 0.215. The maximum atomic E-state index is 13.1. The fraction of sp³-hybridized carbons (Fsp3) is 0.182. The third-order valence-electron chi connectivity index (χ3n) is 4.90. The van der Waals surface area contributed by atoms with Gasteiger partial charge in [0, 0.05) is 29.2 Å². The Kier molecular flexibility index (Phi) is 6.14. The van der Waals surface area contributed by atoms with Crippen LogP contribution >= 0.6 is 0 Å². The molecule has 172 valence electrons. The van der Waals surface area contributed by atoms with Crippen molar-refractivity contribution < 1.29 is 41.4 Å². The Morgan fingerprint density at radius 2 is 1.55 bits per heavy atom. The Balaban J connectivity index is 2.04. The fourth-order valence-electron chi connectivity index (χ4n) is 3.37. The normalized spacial score (nSPS) is 13.0. The first-order valence-electron chi connectivity index (χ1n) is 9.26. The monoisotopic (exact) mass is 468 g/mol. The third-order valence-corrected chi connectivity index (χ3v) is 4.90. The Bertz CT molecular complexity index is 1260. The molecule has 0 aliphatic rings. The molecule has 0 aliphatic heterocycles. The number of hydrogen-bond acceptors (Lipinski definition) is 3. The Hall–Kier alpha value is -3.94. The van der Waals surface area contributed by atoms with Crippen molar-refractivity contribution in [3.63, 3.8) is 0 Å². The first-order valence-corrected chi connectivity index (χ1v) is 9.26. The van der Waals surface area contributed by atoms with Gasteiger partial charge in [0.25, 0.3) is 0 Å². The van der Waals surface area contributed by atoms with Crippen LogP contribution in [0.2, 0.25) is 0 Å². The van der Waals surface area contributed by atoms with Gasteiger partial charge in [-0.3, -0.25) is 0 Å². The van der Waals surface area contributed by atoms with E-state index in [1.54, 1.807) is 18.2 Å². The van der Waals surface area contributed by atoms with Crippen molar-refractivity contribution in [1.29, 1.82) is 5.26 Å². The number of carboxylic acids is 1. The van der Waals surface area contributed by atoms with Gasteiger partial charge in [-0.2, -0.15) is 31.6 Å². The van der Waals surface area contributed by atoms with Crippen molar-refractivity contribution in [3.8, 4) is 6.07 Å². The van der Waals surface area contributed by atoms with E-state index >= 15 is 0 Å². The van der Waals surface area contributed by atoms with Crippen molar-refractivity contribution in [2.75, 3.05) is 0 Å². The number of aryl methyl sites for hydroxylation is 2. The minimum absolute atomic E-state index is 0.00965. The second-order valence-corrected chi connectivity index (χ2v) is 7.06. The number of halogens is 6. The lowest BCUT2D eigenvalue weighted by Crippen LogP contribution is -2.12. The summed E-state index contributed by atoms with van der Waals surface area (Å²) >= 11 is 0. The average Bonchev–Trinajstić information content (AvgIpc) is 3.10. The predicted molar refractivity (Wildman–Crippen MR) is 105 cm³/mol. The van der Waals surface area contributed by atoms with Crippen LogP contribution in [-0.2, 0) is 30.1 Å². The highest BCUT2D eigenvalue weighted by atomic mass is 19.4. The molecular weight excluding hydrogens is 454 g/mol. The van der Waals surface area contributed by atoms with E-state index in [0.717, 1.165) is 0 Å². The molecule has 2 aromatic carbocycles. The summed E-state index contributed by atoms with van der Waals surface area (Å²) in [6, 6.07) is 8.99. The molecule has 5 nitrogen and oxygen atoms in total. The zero-order valence-corrected chi connectivity index (χ0v) is 16.5. The summed E-state index contributed by atoms with van der Waals surface area (Å²) in [6.07, 6.45) is -8.87. The van der Waals surface area contributed by atoms with Crippen molar-refractivity contribution in [2.24, 2.45) is 0 Å². The first-order chi connectivity index (χ1) is 15.3. The van der Waals surface area contributed by atoms with Gasteiger partial charge in [0.15, 0.2) is 5.57 Å². The summed E-state index contributed by atoms with van der Waals surface area (Å²) in [6.45, 7) is -0.0820. The Morgan fingerprint density at radius 1 is 0.970 bits per heavy atom. The lowest BCUT2D eigenvalue weighted by molar-refractivity contribution is -0.143. The molecule has 0 atom stereocenters. The van der Waals surface area contributed by atoms with E-state index in [1.807, 2.05) is 0 Å². The van der Waals surface area contributed by atoms with E-state index in [4.69, 9.17) is 10.4 Å². The molecule has 1 heterocycles. The number of para-hydroxylation sites is 1. The molecule has 1 aromatic heterocycles. The Morgan fingerprint density at radius 3 is 2.06 bits per heavy atom. The van der Waals surface area contributed by atoms with Gasteiger partial charge in [-0.25, -0.2) is 4.79 Å². The van der Waals surface area contributed by atoms with Crippen molar-refractivity contribution in [2.45, 2.75) is 25.3 Å². The average molecular weight is 468 g/mol. The molecule has 0 saturated carbocycles. The summed E-state index contributed by atoms with van der Waals surface area (Å²) in [4.78, 5) is 11.2. The van der Waals surface area contributed by atoms with Crippen LogP contribution in [0.3, 0.4) is 0 Å². The van der Waals surface area contributed by atoms with E-state index in [9.17, 15) is 36.2 Å². The molecule has 0 radical (unpaired) electrons. The van der Waals surface area contributed by atoms with Crippen LogP contribution in [0.15, 0.2) is 54.2 Å². The van der Waals surface area contributed by atoms with Crippen molar-refractivity contribution >= 4 is 22.6 Å². The van der Waals surface area contributed by atoms with Gasteiger partial charge in [0.05, 0.1) is 11.1 Å². The van der Waals surface area contributed by atoms with Gasteiger partial charge < -0.3 is 14.8 Å². The maximum absolute atomic E-state index is 13.1. The van der Waals surface area contributed by atoms with Gasteiger partial charge in [-0.15, -0.1) is 0 Å². The molecule has 0 bridgehead atoms. The zero-order valence-electron chi connectivity index (χ0n) is 16.5.